The molecule has 0 amide bonds. The Morgan fingerprint density at radius 1 is 1.00 bits per heavy atom. The Morgan fingerprint density at radius 3 is 2.46 bits per heavy atom. The zero-order valence-electron chi connectivity index (χ0n) is 19.7. The minimum Gasteiger partial charge on any atom is -0.373 e. The number of anilines is 1. The normalized spacial score (nSPS) is 15.9. The molecule has 0 saturated heterocycles. The number of rotatable bonds is 6. The van der Waals surface area contributed by atoms with Crippen LogP contribution in [0.2, 0.25) is 0 Å². The second-order valence-electron chi connectivity index (χ2n) is 8.97. The number of nitrogens with zero attached hydrogens (tertiary/aromatic N) is 4. The van der Waals surface area contributed by atoms with Gasteiger partial charge in [-0.2, -0.15) is 4.31 Å². The molecule has 6 nitrogen and oxygen atoms in total. The maximum atomic E-state index is 14.6. The van der Waals surface area contributed by atoms with Crippen molar-refractivity contribution in [2.75, 3.05) is 18.5 Å². The van der Waals surface area contributed by atoms with Crippen LogP contribution in [0.3, 0.4) is 0 Å². The Kier molecular flexibility index (Phi) is 6.17. The van der Waals surface area contributed by atoms with E-state index in [1.54, 1.807) is 29.8 Å². The summed E-state index contributed by atoms with van der Waals surface area (Å²) in [4.78, 5) is 6.18. The summed E-state index contributed by atoms with van der Waals surface area (Å²) in [6.07, 6.45) is 3.46. The molecule has 1 unspecified atom stereocenters. The number of aromatic nitrogens is 2. The summed E-state index contributed by atoms with van der Waals surface area (Å²) >= 11 is 0. The number of sulfonamides is 1. The molecule has 8 heteroatoms. The Labute approximate surface area is 205 Å². The number of fused-ring (bicyclic) bond motifs is 1. The first kappa shape index (κ1) is 23.3. The molecule has 0 radical (unpaired) electrons. The van der Waals surface area contributed by atoms with E-state index in [9.17, 15) is 12.8 Å². The van der Waals surface area contributed by atoms with E-state index in [0.717, 1.165) is 22.4 Å². The SMILES string of the molecule is CN1CC(N(Cc2ccccc2F)S(=O)(=O)c2cn(C)cn2)Cc2cc(-c3ccccc3)ccc21. The van der Waals surface area contributed by atoms with E-state index in [-0.39, 0.29) is 11.6 Å². The van der Waals surface area contributed by atoms with Crippen LogP contribution in [0.5, 0.6) is 0 Å². The zero-order chi connectivity index (χ0) is 24.6. The molecular formula is C27H27FN4O2S. The highest BCUT2D eigenvalue weighted by Crippen LogP contribution is 2.34. The maximum Gasteiger partial charge on any atom is 0.262 e. The van der Waals surface area contributed by atoms with Gasteiger partial charge in [-0.05, 0) is 41.3 Å². The van der Waals surface area contributed by atoms with Crippen molar-refractivity contribution in [2.45, 2.75) is 24.0 Å². The number of aryl methyl sites for hydroxylation is 1. The van der Waals surface area contributed by atoms with E-state index in [4.69, 9.17) is 0 Å². The molecular weight excluding hydrogens is 463 g/mol. The van der Waals surface area contributed by atoms with Crippen LogP contribution in [0.4, 0.5) is 10.1 Å². The minimum absolute atomic E-state index is 0.0391. The molecule has 0 bridgehead atoms. The monoisotopic (exact) mass is 490 g/mol. The molecule has 1 aliphatic rings. The second-order valence-corrected chi connectivity index (χ2v) is 10.8. The van der Waals surface area contributed by atoms with Gasteiger partial charge in [0, 0.05) is 50.7 Å². The van der Waals surface area contributed by atoms with Crippen molar-refractivity contribution in [1.29, 1.82) is 0 Å². The first-order chi connectivity index (χ1) is 16.8. The van der Waals surface area contributed by atoms with Crippen molar-refractivity contribution >= 4 is 15.7 Å². The van der Waals surface area contributed by atoms with E-state index < -0.39 is 21.9 Å². The van der Waals surface area contributed by atoms with Gasteiger partial charge in [0.25, 0.3) is 10.0 Å². The molecule has 180 valence electrons. The van der Waals surface area contributed by atoms with Gasteiger partial charge in [0.1, 0.15) is 5.82 Å². The highest BCUT2D eigenvalue weighted by molar-refractivity contribution is 7.89. The van der Waals surface area contributed by atoms with Crippen LogP contribution in [0.15, 0.2) is 90.3 Å². The van der Waals surface area contributed by atoms with Crippen molar-refractivity contribution in [1.82, 2.24) is 13.9 Å². The van der Waals surface area contributed by atoms with Gasteiger partial charge < -0.3 is 9.47 Å². The number of likely N-dealkylation sites (N-methyl/N-ethyl adjacent to an activating group) is 1. The van der Waals surface area contributed by atoms with Gasteiger partial charge >= 0.3 is 0 Å². The third kappa shape index (κ3) is 4.59. The molecule has 0 N–H and O–H groups in total. The summed E-state index contributed by atoms with van der Waals surface area (Å²) in [5.41, 5.74) is 4.64. The van der Waals surface area contributed by atoms with Crippen LogP contribution in [-0.4, -0.2) is 41.9 Å². The fourth-order valence-electron chi connectivity index (χ4n) is 4.70. The number of benzene rings is 3. The van der Waals surface area contributed by atoms with E-state index >= 15 is 0 Å². The number of imidazole rings is 1. The topological polar surface area (TPSA) is 58.4 Å². The van der Waals surface area contributed by atoms with Gasteiger partial charge in [0.15, 0.2) is 5.03 Å². The lowest BCUT2D eigenvalue weighted by Gasteiger charge is -2.39. The Morgan fingerprint density at radius 2 is 1.74 bits per heavy atom. The van der Waals surface area contributed by atoms with E-state index in [0.29, 0.717) is 18.5 Å². The summed E-state index contributed by atoms with van der Waals surface area (Å²) in [6, 6.07) is 22.3. The van der Waals surface area contributed by atoms with Gasteiger partial charge in [-0.15, -0.1) is 0 Å². The average molecular weight is 491 g/mol. The van der Waals surface area contributed by atoms with Crippen molar-refractivity contribution in [3.8, 4) is 11.1 Å². The smallest absolute Gasteiger partial charge is 0.262 e. The summed E-state index contributed by atoms with van der Waals surface area (Å²) in [6.45, 7) is 0.413. The zero-order valence-corrected chi connectivity index (χ0v) is 20.5. The third-order valence-corrected chi connectivity index (χ3v) is 8.27. The van der Waals surface area contributed by atoms with E-state index in [1.165, 1.54) is 22.9 Å². The lowest BCUT2D eigenvalue weighted by Crippen LogP contribution is -2.49. The number of hydrogen-bond acceptors (Lipinski definition) is 4. The van der Waals surface area contributed by atoms with Crippen molar-refractivity contribution in [3.05, 3.63) is 102 Å². The standard InChI is InChI=1S/C27H27FN4O2S/c1-30-18-27(29-19-30)35(33,34)32(16-22-10-6-7-11-25(22)28)24-15-23-14-21(20-8-4-3-5-9-20)12-13-26(23)31(2)17-24/h3-14,18-19,24H,15-17H2,1-2H3. The third-order valence-electron chi connectivity index (χ3n) is 6.48. The van der Waals surface area contributed by atoms with Crippen LogP contribution in [-0.2, 0) is 30.0 Å². The number of halogens is 1. The van der Waals surface area contributed by atoms with Gasteiger partial charge in [0.05, 0.1) is 6.33 Å². The second kappa shape index (κ2) is 9.28. The van der Waals surface area contributed by atoms with Gasteiger partial charge in [-0.25, -0.2) is 17.8 Å². The largest absolute Gasteiger partial charge is 0.373 e. The first-order valence-electron chi connectivity index (χ1n) is 11.5. The summed E-state index contributed by atoms with van der Waals surface area (Å²) in [5, 5.41) is -0.0391. The molecule has 5 rings (SSSR count). The van der Waals surface area contributed by atoms with Crippen molar-refractivity contribution < 1.29 is 12.8 Å². The molecule has 0 fully saturated rings. The van der Waals surface area contributed by atoms with E-state index in [2.05, 4.69) is 40.2 Å². The molecule has 1 atom stereocenters. The molecule has 4 aromatic rings. The fourth-order valence-corrected chi connectivity index (χ4v) is 6.27. The lowest BCUT2D eigenvalue weighted by molar-refractivity contribution is 0.302. The van der Waals surface area contributed by atoms with Crippen LogP contribution >= 0.6 is 0 Å². The van der Waals surface area contributed by atoms with Crippen LogP contribution in [0, 0.1) is 5.82 Å². The van der Waals surface area contributed by atoms with Crippen LogP contribution in [0.1, 0.15) is 11.1 Å². The fraction of sp³-hybridized carbons (Fsp3) is 0.222. The summed E-state index contributed by atoms with van der Waals surface area (Å²) < 4.78 is 45.2. The summed E-state index contributed by atoms with van der Waals surface area (Å²) in [5.74, 6) is -0.426. The van der Waals surface area contributed by atoms with Crippen molar-refractivity contribution in [3.63, 3.8) is 0 Å². The first-order valence-corrected chi connectivity index (χ1v) is 12.9. The van der Waals surface area contributed by atoms with Gasteiger partial charge in [-0.1, -0.05) is 54.6 Å². The molecule has 0 aliphatic carbocycles. The quantitative estimate of drug-likeness (QED) is 0.400. The highest BCUT2D eigenvalue weighted by Gasteiger charge is 2.37. The molecule has 0 spiro atoms. The Bertz CT molecular complexity index is 1450. The van der Waals surface area contributed by atoms with Gasteiger partial charge in [-0.3, -0.25) is 0 Å². The Balaban J connectivity index is 1.55. The molecule has 0 saturated carbocycles. The molecule has 2 heterocycles. The van der Waals surface area contributed by atoms with Crippen LogP contribution in [0.25, 0.3) is 11.1 Å². The van der Waals surface area contributed by atoms with Crippen LogP contribution < -0.4 is 4.90 Å². The highest BCUT2D eigenvalue weighted by atomic mass is 32.2. The van der Waals surface area contributed by atoms with Gasteiger partial charge in [0.2, 0.25) is 0 Å². The molecule has 3 aromatic carbocycles. The molecule has 35 heavy (non-hydrogen) atoms. The minimum atomic E-state index is -3.98. The average Bonchev–Trinajstić information content (AvgIpc) is 3.31. The predicted octanol–water partition coefficient (Wildman–Crippen LogP) is 4.48. The van der Waals surface area contributed by atoms with Crippen molar-refractivity contribution in [2.24, 2.45) is 7.05 Å². The lowest BCUT2D eigenvalue weighted by atomic mass is 9.94. The number of hydrogen-bond donors (Lipinski definition) is 0. The maximum absolute atomic E-state index is 14.6. The molecule has 1 aromatic heterocycles. The Hall–Kier alpha value is -3.49. The summed E-state index contributed by atoms with van der Waals surface area (Å²) in [7, 11) is -0.290. The van der Waals surface area contributed by atoms with E-state index in [1.807, 2.05) is 25.2 Å². The molecule has 1 aliphatic heterocycles. The predicted molar refractivity (Wildman–Crippen MR) is 135 cm³/mol.